The molecule has 396 valence electrons. The van der Waals surface area contributed by atoms with Crippen LogP contribution in [0.5, 0.6) is 0 Å². The largest absolute Gasteiger partial charge is 0.462 e. The molecule has 11 atom stereocenters. The standard InChI is InChI=1S/C53H94O15/c1-3-5-7-9-11-13-15-17-19-20-22-23-25-27-29-31-33-35-44(55)63-38-41(66-45(56)36-34-32-30-28-26-24-21-18-16-14-12-10-8-6-4-2)39-64-52-51(62)49(60)47(58)43(68-52)40-65-53-50(61)48(59)46(57)42(37-54)67-53/h22-24,26-27,29,41-43,46-54,57-62H,3-21,25,28,30-40H2,1-2H3/b23-22+,26-24+,29-27+/t41-,42+,43+,46-,47-,48?,49?,50?,51?,52+,53+/m0/s1. The van der Waals surface area contributed by atoms with E-state index >= 15 is 0 Å². The topological polar surface area (TPSA) is 231 Å². The lowest BCUT2D eigenvalue weighted by atomic mass is 9.98. The lowest BCUT2D eigenvalue weighted by molar-refractivity contribution is -0.332. The Morgan fingerprint density at radius 2 is 0.897 bits per heavy atom. The number of carbonyl (C=O) groups excluding carboxylic acids is 2. The van der Waals surface area contributed by atoms with Crippen LogP contribution in [0.3, 0.4) is 0 Å². The number of ether oxygens (including phenoxy) is 6. The van der Waals surface area contributed by atoms with Gasteiger partial charge in [-0.25, -0.2) is 0 Å². The third-order valence-corrected chi connectivity index (χ3v) is 12.6. The average Bonchev–Trinajstić information content (AvgIpc) is 3.33. The lowest BCUT2D eigenvalue weighted by Crippen LogP contribution is -2.61. The number of esters is 2. The summed E-state index contributed by atoms with van der Waals surface area (Å²) in [7, 11) is 0. The summed E-state index contributed by atoms with van der Waals surface area (Å²) in [5, 5.41) is 72.1. The number of hydrogen-bond donors (Lipinski definition) is 7. The highest BCUT2D eigenvalue weighted by molar-refractivity contribution is 5.70. The molecule has 15 nitrogen and oxygen atoms in total. The fraction of sp³-hybridized carbons (Fsp3) is 0.849. The van der Waals surface area contributed by atoms with Crippen LogP contribution in [-0.4, -0.2) is 142 Å². The second-order valence-electron chi connectivity index (χ2n) is 18.7. The summed E-state index contributed by atoms with van der Waals surface area (Å²) in [6.45, 7) is 2.54. The van der Waals surface area contributed by atoms with E-state index in [9.17, 15) is 45.3 Å². The van der Waals surface area contributed by atoms with Crippen molar-refractivity contribution in [2.24, 2.45) is 0 Å². The summed E-state index contributed by atoms with van der Waals surface area (Å²) in [6, 6.07) is 0. The lowest BCUT2D eigenvalue weighted by Gasteiger charge is -2.42. The zero-order valence-corrected chi connectivity index (χ0v) is 41.8. The molecule has 0 radical (unpaired) electrons. The van der Waals surface area contributed by atoms with Crippen molar-refractivity contribution < 1.29 is 73.8 Å². The van der Waals surface area contributed by atoms with Crippen molar-refractivity contribution in [1.82, 2.24) is 0 Å². The normalized spacial score (nSPS) is 26.0. The minimum Gasteiger partial charge on any atom is -0.462 e. The second kappa shape index (κ2) is 40.3. The Hall–Kier alpha value is -2.28. The maximum absolute atomic E-state index is 13.0. The fourth-order valence-corrected chi connectivity index (χ4v) is 8.19. The van der Waals surface area contributed by atoms with Crippen LogP contribution in [0.1, 0.15) is 194 Å². The molecule has 0 spiro atoms. The first-order valence-electron chi connectivity index (χ1n) is 26.6. The molecule has 2 fully saturated rings. The maximum Gasteiger partial charge on any atom is 0.306 e. The number of allylic oxidation sites excluding steroid dienone is 6. The first-order chi connectivity index (χ1) is 33.0. The summed E-state index contributed by atoms with van der Waals surface area (Å²) >= 11 is 0. The number of rotatable bonds is 41. The van der Waals surface area contributed by atoms with Gasteiger partial charge in [0.2, 0.25) is 0 Å². The van der Waals surface area contributed by atoms with Gasteiger partial charge in [0.15, 0.2) is 18.7 Å². The van der Waals surface area contributed by atoms with Crippen molar-refractivity contribution in [3.05, 3.63) is 36.5 Å². The van der Waals surface area contributed by atoms with E-state index in [1.165, 1.54) is 109 Å². The van der Waals surface area contributed by atoms with Gasteiger partial charge in [0.25, 0.3) is 0 Å². The molecule has 0 aliphatic carbocycles. The van der Waals surface area contributed by atoms with Crippen molar-refractivity contribution in [3.8, 4) is 0 Å². The van der Waals surface area contributed by atoms with E-state index in [2.05, 4.69) is 44.2 Å². The molecule has 0 aromatic carbocycles. The van der Waals surface area contributed by atoms with Crippen LogP contribution in [0.15, 0.2) is 36.5 Å². The number of unbranched alkanes of at least 4 members (excludes halogenated alkanes) is 21. The molecular weight excluding hydrogens is 877 g/mol. The smallest absolute Gasteiger partial charge is 0.306 e. The maximum atomic E-state index is 13.0. The van der Waals surface area contributed by atoms with Crippen LogP contribution in [0, 0.1) is 0 Å². The summed E-state index contributed by atoms with van der Waals surface area (Å²) in [5.41, 5.74) is 0. The van der Waals surface area contributed by atoms with E-state index < -0.39 is 99.3 Å². The van der Waals surface area contributed by atoms with Gasteiger partial charge in [0, 0.05) is 12.8 Å². The first kappa shape index (κ1) is 61.8. The van der Waals surface area contributed by atoms with E-state index in [4.69, 9.17) is 28.4 Å². The number of aliphatic hydroxyl groups excluding tert-OH is 7. The third kappa shape index (κ3) is 27.9. The van der Waals surface area contributed by atoms with Crippen molar-refractivity contribution in [2.75, 3.05) is 26.4 Å². The Morgan fingerprint density at radius 3 is 1.43 bits per heavy atom. The van der Waals surface area contributed by atoms with E-state index in [0.717, 1.165) is 38.5 Å². The predicted octanol–water partition coefficient (Wildman–Crippen LogP) is 7.71. The third-order valence-electron chi connectivity index (χ3n) is 12.6. The minimum absolute atomic E-state index is 0.137. The van der Waals surface area contributed by atoms with Gasteiger partial charge in [-0.05, 0) is 64.2 Å². The number of aliphatic hydroxyl groups is 7. The van der Waals surface area contributed by atoms with Gasteiger partial charge in [-0.1, -0.05) is 153 Å². The van der Waals surface area contributed by atoms with Crippen molar-refractivity contribution in [3.63, 3.8) is 0 Å². The van der Waals surface area contributed by atoms with E-state index in [1.54, 1.807) is 0 Å². The van der Waals surface area contributed by atoms with Crippen LogP contribution < -0.4 is 0 Å². The number of hydrogen-bond acceptors (Lipinski definition) is 15. The molecule has 0 aromatic rings. The Balaban J connectivity index is 1.82. The van der Waals surface area contributed by atoms with Gasteiger partial charge in [0.1, 0.15) is 55.4 Å². The quantitative estimate of drug-likeness (QED) is 0.0177. The second-order valence-corrected chi connectivity index (χ2v) is 18.7. The highest BCUT2D eigenvalue weighted by Gasteiger charge is 2.47. The predicted molar refractivity (Wildman–Crippen MR) is 261 cm³/mol. The van der Waals surface area contributed by atoms with Gasteiger partial charge in [-0.3, -0.25) is 9.59 Å². The van der Waals surface area contributed by atoms with Crippen LogP contribution in [0.25, 0.3) is 0 Å². The molecule has 68 heavy (non-hydrogen) atoms. The highest BCUT2D eigenvalue weighted by Crippen LogP contribution is 2.26. The Labute approximate surface area is 408 Å². The first-order valence-corrected chi connectivity index (χ1v) is 26.6. The van der Waals surface area contributed by atoms with Gasteiger partial charge < -0.3 is 64.2 Å². The van der Waals surface area contributed by atoms with Crippen LogP contribution in [-0.2, 0) is 38.0 Å². The molecule has 2 rings (SSSR count). The molecule has 0 amide bonds. The highest BCUT2D eigenvalue weighted by atomic mass is 16.7. The molecule has 2 saturated heterocycles. The average molecular weight is 971 g/mol. The molecular formula is C53H94O15. The molecule has 4 unspecified atom stereocenters. The fourth-order valence-electron chi connectivity index (χ4n) is 8.19. The van der Waals surface area contributed by atoms with Crippen LogP contribution in [0.2, 0.25) is 0 Å². The Bertz CT molecular complexity index is 1330. The molecule has 15 heteroatoms. The minimum atomic E-state index is -1.77. The molecule has 2 aliphatic heterocycles. The SMILES string of the molecule is CCCCCCCCCC/C=C/CCCCCC(=O)O[C@@H](COC(=O)CCC/C=C/C/C=C/CCCCCCCCCCC)CO[C@@H]1O[C@H](CO[C@@H]2O[C@H](CO)[C@H](O)C(O)C2O)[C@H](O)C(O)C1O. The molecule has 0 bridgehead atoms. The number of carbonyl (C=O) groups is 2. The summed E-state index contributed by atoms with van der Waals surface area (Å²) in [4.78, 5) is 25.7. The molecule has 0 aromatic heterocycles. The summed E-state index contributed by atoms with van der Waals surface area (Å²) < 4.78 is 33.5. The van der Waals surface area contributed by atoms with Gasteiger partial charge in [0.05, 0.1) is 19.8 Å². The van der Waals surface area contributed by atoms with Crippen LogP contribution >= 0.6 is 0 Å². The van der Waals surface area contributed by atoms with Crippen molar-refractivity contribution in [2.45, 2.75) is 261 Å². The van der Waals surface area contributed by atoms with Crippen molar-refractivity contribution in [1.29, 1.82) is 0 Å². The molecule has 7 N–H and O–H groups in total. The van der Waals surface area contributed by atoms with Crippen molar-refractivity contribution >= 4 is 11.9 Å². The molecule has 2 aliphatic rings. The Kier molecular flexibility index (Phi) is 36.7. The van der Waals surface area contributed by atoms with E-state index in [-0.39, 0.29) is 19.4 Å². The van der Waals surface area contributed by atoms with Gasteiger partial charge in [-0.15, -0.1) is 0 Å². The van der Waals surface area contributed by atoms with Gasteiger partial charge >= 0.3 is 11.9 Å². The monoisotopic (exact) mass is 971 g/mol. The zero-order valence-electron chi connectivity index (χ0n) is 41.8. The molecule has 0 saturated carbocycles. The van der Waals surface area contributed by atoms with Gasteiger partial charge in [-0.2, -0.15) is 0 Å². The van der Waals surface area contributed by atoms with E-state index in [0.29, 0.717) is 19.3 Å². The van der Waals surface area contributed by atoms with Crippen LogP contribution in [0.4, 0.5) is 0 Å². The summed E-state index contributed by atoms with van der Waals surface area (Å²) in [5.74, 6) is -0.993. The van der Waals surface area contributed by atoms with E-state index in [1.807, 2.05) is 6.08 Å². The zero-order chi connectivity index (χ0) is 49.6. The summed E-state index contributed by atoms with van der Waals surface area (Å²) in [6.07, 6.45) is 26.1. The molecule has 2 heterocycles. The Morgan fingerprint density at radius 1 is 0.471 bits per heavy atom.